The first-order chi connectivity index (χ1) is 11.9. The topological polar surface area (TPSA) is 0 Å². The van der Waals surface area contributed by atoms with Crippen molar-refractivity contribution < 1.29 is 21.7 Å². The molecule has 3 aliphatic carbocycles. The monoisotopic (exact) mass is 427 g/mol. The van der Waals surface area contributed by atoms with Crippen LogP contribution in [-0.4, -0.2) is 0 Å². The number of fused-ring (bicyclic) bond motifs is 2. The Morgan fingerprint density at radius 2 is 1.37 bits per heavy atom. The summed E-state index contributed by atoms with van der Waals surface area (Å²) < 4.78 is 0. The van der Waals surface area contributed by atoms with Crippen LogP contribution in [0.25, 0.3) is 12.2 Å². The zero-order valence-corrected chi connectivity index (χ0v) is 18.0. The Labute approximate surface area is 188 Å². The van der Waals surface area contributed by atoms with Crippen LogP contribution >= 0.6 is 24.8 Å². The average molecular weight is 428 g/mol. The molecule has 2 atom stereocenters. The molecule has 0 spiro atoms. The van der Waals surface area contributed by atoms with Crippen LogP contribution in [0.5, 0.6) is 0 Å². The summed E-state index contributed by atoms with van der Waals surface area (Å²) >= 11 is 0. The maximum absolute atomic E-state index is 2.42. The van der Waals surface area contributed by atoms with E-state index in [-0.39, 0.29) is 46.5 Å². The molecule has 0 saturated heterocycles. The van der Waals surface area contributed by atoms with Crippen LogP contribution in [0.1, 0.15) is 40.5 Å². The van der Waals surface area contributed by atoms with E-state index in [1.54, 1.807) is 0 Å². The molecule has 0 saturated carbocycles. The van der Waals surface area contributed by atoms with E-state index in [0.717, 1.165) is 6.42 Å². The quantitative estimate of drug-likeness (QED) is 0.360. The second-order valence-corrected chi connectivity index (χ2v) is 6.75. The van der Waals surface area contributed by atoms with Crippen molar-refractivity contribution in [2.75, 3.05) is 0 Å². The summed E-state index contributed by atoms with van der Waals surface area (Å²) in [6, 6.07) is 17.5. The van der Waals surface area contributed by atoms with Crippen molar-refractivity contribution >= 4 is 37.0 Å². The van der Waals surface area contributed by atoms with Gasteiger partial charge in [0.25, 0.3) is 0 Å². The van der Waals surface area contributed by atoms with Gasteiger partial charge in [0, 0.05) is 27.6 Å². The number of halogens is 2. The Bertz CT molecular complexity index is 923. The first-order valence-electron chi connectivity index (χ1n) is 8.68. The smallest absolute Gasteiger partial charge is 0.0111 e. The Kier molecular flexibility index (Phi) is 7.43. The SMILES string of the molecule is C1=C[C-](C2C=Cc3ccccc32)CC=C1C1C=Cc2ccccc21.Cl.Cl.[Ti]. The maximum Gasteiger partial charge on any atom is 0.0111 e. The molecule has 0 N–H and O–H groups in total. The number of rotatable bonds is 2. The molecule has 3 heteroatoms. The molecule has 5 rings (SSSR count). The van der Waals surface area contributed by atoms with Crippen molar-refractivity contribution in [3.8, 4) is 0 Å². The van der Waals surface area contributed by atoms with Gasteiger partial charge in [0.15, 0.2) is 0 Å². The molecule has 3 aliphatic rings. The summed E-state index contributed by atoms with van der Waals surface area (Å²) in [7, 11) is 0. The molecule has 0 aromatic heterocycles. The molecule has 0 aliphatic heterocycles. The van der Waals surface area contributed by atoms with Crippen LogP contribution in [0.15, 0.2) is 84.5 Å². The normalized spacial score (nSPS) is 20.7. The number of benzene rings is 2. The van der Waals surface area contributed by atoms with Crippen molar-refractivity contribution in [1.29, 1.82) is 0 Å². The first kappa shape index (κ1) is 21.9. The van der Waals surface area contributed by atoms with Gasteiger partial charge >= 0.3 is 0 Å². The van der Waals surface area contributed by atoms with Gasteiger partial charge in [0.2, 0.25) is 0 Å². The van der Waals surface area contributed by atoms with E-state index >= 15 is 0 Å². The summed E-state index contributed by atoms with van der Waals surface area (Å²) in [5, 5.41) is 0. The molecule has 2 unspecified atom stereocenters. The number of allylic oxidation sites excluding steroid dienone is 6. The van der Waals surface area contributed by atoms with Crippen molar-refractivity contribution in [3.05, 3.63) is 113 Å². The minimum absolute atomic E-state index is 0. The Balaban J connectivity index is 0.000000871. The van der Waals surface area contributed by atoms with Crippen molar-refractivity contribution in [2.45, 2.75) is 18.3 Å². The van der Waals surface area contributed by atoms with Gasteiger partial charge in [-0.15, -0.1) is 36.5 Å². The molecule has 0 radical (unpaired) electrons. The molecular weight excluding hydrogens is 407 g/mol. The zero-order valence-electron chi connectivity index (χ0n) is 14.8. The maximum atomic E-state index is 2.42. The summed E-state index contributed by atoms with van der Waals surface area (Å²) in [6.45, 7) is 0. The zero-order chi connectivity index (χ0) is 15.9. The van der Waals surface area contributed by atoms with Crippen LogP contribution in [-0.2, 0) is 21.7 Å². The molecule has 2 aromatic rings. The molecule has 136 valence electrons. The third-order valence-corrected chi connectivity index (χ3v) is 5.42. The van der Waals surface area contributed by atoms with Gasteiger partial charge < -0.3 is 0 Å². The van der Waals surface area contributed by atoms with Gasteiger partial charge in [0.1, 0.15) is 0 Å². The average Bonchev–Trinajstić information content (AvgIpc) is 3.26. The Morgan fingerprint density at radius 1 is 0.741 bits per heavy atom. The van der Waals surface area contributed by atoms with Crippen molar-refractivity contribution in [1.82, 2.24) is 0 Å². The van der Waals surface area contributed by atoms with Crippen molar-refractivity contribution in [2.24, 2.45) is 0 Å². The fourth-order valence-electron chi connectivity index (χ4n) is 4.15. The predicted molar refractivity (Wildman–Crippen MR) is 116 cm³/mol. The van der Waals surface area contributed by atoms with E-state index in [1.807, 2.05) is 0 Å². The number of hydrogen-bond donors (Lipinski definition) is 0. The molecule has 0 fully saturated rings. The predicted octanol–water partition coefficient (Wildman–Crippen LogP) is 6.91. The Hall–Kier alpha value is -1.44. The summed E-state index contributed by atoms with van der Waals surface area (Å²) in [5.41, 5.74) is 7.03. The summed E-state index contributed by atoms with van der Waals surface area (Å²) in [6.07, 6.45) is 17.3. The minimum atomic E-state index is 0. The van der Waals surface area contributed by atoms with Gasteiger partial charge in [-0.25, -0.2) is 18.1 Å². The minimum Gasteiger partial charge on any atom is -0.224 e. The molecule has 27 heavy (non-hydrogen) atoms. The molecule has 0 amide bonds. The third-order valence-electron chi connectivity index (χ3n) is 5.42. The van der Waals surface area contributed by atoms with E-state index in [2.05, 4.69) is 91.1 Å². The van der Waals surface area contributed by atoms with Crippen LogP contribution < -0.4 is 0 Å². The standard InChI is InChI=1S/C24H19.2ClH.Ti/c1-3-7-21-17(5-1)13-15-23(21)19-9-11-20(12-10-19)24-16-14-18-6-2-4-8-22(18)24;;;/h1-11,13-16,23-24H,12H2;2*1H;/q-1;;;. The molecular formula is C24H21Cl2Ti-. The van der Waals surface area contributed by atoms with E-state index < -0.39 is 0 Å². The third kappa shape index (κ3) is 3.91. The van der Waals surface area contributed by atoms with E-state index in [1.165, 1.54) is 33.7 Å². The second-order valence-electron chi connectivity index (χ2n) is 6.75. The molecule has 0 bridgehead atoms. The molecule has 0 nitrogen and oxygen atoms in total. The fraction of sp³-hybridized carbons (Fsp3) is 0.125. The van der Waals surface area contributed by atoms with Gasteiger partial charge in [-0.05, 0) is 28.2 Å². The van der Waals surface area contributed by atoms with Gasteiger partial charge in [-0.2, -0.15) is 0 Å². The van der Waals surface area contributed by atoms with Crippen LogP contribution in [0.3, 0.4) is 0 Å². The molecule has 2 aromatic carbocycles. The van der Waals surface area contributed by atoms with Crippen LogP contribution in [0.2, 0.25) is 0 Å². The van der Waals surface area contributed by atoms with Gasteiger partial charge in [-0.1, -0.05) is 79.3 Å². The van der Waals surface area contributed by atoms with Gasteiger partial charge in [0.05, 0.1) is 0 Å². The summed E-state index contributed by atoms with van der Waals surface area (Å²) in [4.78, 5) is 0. The largest absolute Gasteiger partial charge is 0.224 e. The van der Waals surface area contributed by atoms with Crippen molar-refractivity contribution in [3.63, 3.8) is 0 Å². The van der Waals surface area contributed by atoms with Crippen LogP contribution in [0, 0.1) is 5.92 Å². The Morgan fingerprint density at radius 3 is 2.07 bits per heavy atom. The van der Waals surface area contributed by atoms with E-state index in [4.69, 9.17) is 0 Å². The summed E-state index contributed by atoms with van der Waals surface area (Å²) in [5.74, 6) is 2.36. The molecule has 0 heterocycles. The van der Waals surface area contributed by atoms with E-state index in [0.29, 0.717) is 11.8 Å². The second kappa shape index (κ2) is 9.17. The van der Waals surface area contributed by atoms with E-state index in [9.17, 15) is 0 Å². The first-order valence-corrected chi connectivity index (χ1v) is 8.68. The fourth-order valence-corrected chi connectivity index (χ4v) is 4.15. The van der Waals surface area contributed by atoms with Crippen LogP contribution in [0.4, 0.5) is 0 Å². The van der Waals surface area contributed by atoms with Gasteiger partial charge in [-0.3, -0.25) is 0 Å². The number of hydrogen-bond acceptors (Lipinski definition) is 0.